The number of rotatable bonds is 1. The van der Waals surface area contributed by atoms with E-state index in [2.05, 4.69) is 31.9 Å². The number of ether oxygens (including phenoxy) is 1. The van der Waals surface area contributed by atoms with Crippen LogP contribution in [-0.2, 0) is 7.05 Å². The number of aliphatic hydroxyl groups is 1. The average Bonchev–Trinajstić information content (AvgIpc) is 2.82. The van der Waals surface area contributed by atoms with Crippen LogP contribution in [0.2, 0.25) is 0 Å². The van der Waals surface area contributed by atoms with Crippen LogP contribution in [0.5, 0.6) is 5.75 Å². The normalized spacial score (nSPS) is 19.5. The molecule has 4 nitrogen and oxygen atoms in total. The number of Topliss-reactive ketones (excluding diaryl/α,β-unsaturated/α-hetero) is 1. The van der Waals surface area contributed by atoms with Crippen LogP contribution < -0.4 is 4.74 Å². The van der Waals surface area contributed by atoms with Gasteiger partial charge < -0.3 is 14.4 Å². The van der Waals surface area contributed by atoms with E-state index in [-0.39, 0.29) is 11.4 Å². The van der Waals surface area contributed by atoms with Gasteiger partial charge in [-0.3, -0.25) is 4.79 Å². The Bertz CT molecular complexity index is 764. The first-order chi connectivity index (χ1) is 9.97. The topological polar surface area (TPSA) is 51.5 Å². The third-order valence-electron chi connectivity index (χ3n) is 3.30. The van der Waals surface area contributed by atoms with Crippen molar-refractivity contribution in [3.05, 3.63) is 56.2 Å². The monoisotopic (exact) mass is 411 g/mol. The van der Waals surface area contributed by atoms with Gasteiger partial charge in [-0.15, -0.1) is 0 Å². The molecule has 0 amide bonds. The fraction of sp³-hybridized carbons (Fsp3) is 0.133. The van der Waals surface area contributed by atoms with E-state index in [1.807, 2.05) is 29.9 Å². The number of aromatic nitrogens is 1. The number of aliphatic hydroxyl groups excluding tert-OH is 1. The molecule has 1 aromatic heterocycles. The first-order valence-corrected chi connectivity index (χ1v) is 7.77. The SMILES string of the molecule is Cn1cccc1/C=C1/C(=O)c2cc(Br)cc(Br)c2OC1O. The van der Waals surface area contributed by atoms with Crippen LogP contribution in [0, 0.1) is 0 Å². The number of halogens is 2. The largest absolute Gasteiger partial charge is 0.459 e. The van der Waals surface area contributed by atoms with Gasteiger partial charge in [0.15, 0.2) is 5.78 Å². The summed E-state index contributed by atoms with van der Waals surface area (Å²) in [5.41, 5.74) is 1.45. The Balaban J connectivity index is 2.12. The summed E-state index contributed by atoms with van der Waals surface area (Å²) in [7, 11) is 1.87. The third kappa shape index (κ3) is 2.59. The van der Waals surface area contributed by atoms with E-state index in [0.717, 1.165) is 10.2 Å². The number of aryl methyl sites for hydroxylation is 1. The Hall–Kier alpha value is -1.37. The minimum atomic E-state index is -1.28. The van der Waals surface area contributed by atoms with Crippen molar-refractivity contribution in [3.63, 3.8) is 0 Å². The maximum atomic E-state index is 12.6. The molecule has 0 bridgehead atoms. The Morgan fingerprint density at radius 1 is 1.38 bits per heavy atom. The second kappa shape index (κ2) is 5.44. The quantitative estimate of drug-likeness (QED) is 0.729. The molecular formula is C15H11Br2NO3. The molecule has 0 spiro atoms. The number of carbonyl (C=O) groups excluding carboxylic acids is 1. The number of nitrogens with zero attached hydrogens (tertiary/aromatic N) is 1. The fourth-order valence-corrected chi connectivity index (χ4v) is 3.53. The highest BCUT2D eigenvalue weighted by atomic mass is 79.9. The van der Waals surface area contributed by atoms with E-state index in [1.54, 1.807) is 18.2 Å². The molecule has 1 aromatic carbocycles. The maximum absolute atomic E-state index is 12.6. The van der Waals surface area contributed by atoms with Gasteiger partial charge in [-0.05, 0) is 46.3 Å². The van der Waals surface area contributed by atoms with Gasteiger partial charge in [0, 0.05) is 23.4 Å². The summed E-state index contributed by atoms with van der Waals surface area (Å²) in [5, 5.41) is 10.1. The summed E-state index contributed by atoms with van der Waals surface area (Å²) in [4.78, 5) is 12.6. The molecule has 0 fully saturated rings. The summed E-state index contributed by atoms with van der Waals surface area (Å²) >= 11 is 6.69. The molecule has 0 aliphatic carbocycles. The average molecular weight is 413 g/mol. The predicted molar refractivity (Wildman–Crippen MR) is 86.2 cm³/mol. The van der Waals surface area contributed by atoms with E-state index >= 15 is 0 Å². The van der Waals surface area contributed by atoms with E-state index in [9.17, 15) is 9.90 Å². The van der Waals surface area contributed by atoms with Crippen LogP contribution in [0.4, 0.5) is 0 Å². The molecule has 1 N–H and O–H groups in total. The lowest BCUT2D eigenvalue weighted by molar-refractivity contribution is 0.00815. The van der Waals surface area contributed by atoms with E-state index in [1.165, 1.54) is 0 Å². The molecule has 2 heterocycles. The van der Waals surface area contributed by atoms with Gasteiger partial charge in [-0.2, -0.15) is 0 Å². The van der Waals surface area contributed by atoms with E-state index < -0.39 is 6.29 Å². The molecule has 1 aliphatic heterocycles. The van der Waals surface area contributed by atoms with Gasteiger partial charge >= 0.3 is 0 Å². The van der Waals surface area contributed by atoms with Crippen molar-refractivity contribution in [3.8, 4) is 5.75 Å². The molecule has 0 saturated carbocycles. The van der Waals surface area contributed by atoms with Crippen LogP contribution >= 0.6 is 31.9 Å². The van der Waals surface area contributed by atoms with Gasteiger partial charge in [0.25, 0.3) is 0 Å². The Labute approximate surface area is 138 Å². The summed E-state index contributed by atoms with van der Waals surface area (Å²) in [6.07, 6.45) is 2.23. The van der Waals surface area contributed by atoms with Crippen molar-refractivity contribution < 1.29 is 14.6 Å². The molecule has 1 aliphatic rings. The highest BCUT2D eigenvalue weighted by Crippen LogP contribution is 2.39. The summed E-state index contributed by atoms with van der Waals surface area (Å²) < 4.78 is 8.73. The van der Waals surface area contributed by atoms with Crippen LogP contribution in [0.25, 0.3) is 6.08 Å². The van der Waals surface area contributed by atoms with Gasteiger partial charge in [0.05, 0.1) is 15.6 Å². The van der Waals surface area contributed by atoms with Crippen molar-refractivity contribution in [1.29, 1.82) is 0 Å². The highest BCUT2D eigenvalue weighted by molar-refractivity contribution is 9.11. The van der Waals surface area contributed by atoms with Gasteiger partial charge in [-0.25, -0.2) is 0 Å². The molecule has 108 valence electrons. The first kappa shape index (κ1) is 14.6. The Morgan fingerprint density at radius 2 is 2.14 bits per heavy atom. The molecule has 6 heteroatoms. The predicted octanol–water partition coefficient (Wildman–Crippen LogP) is 3.53. The number of hydrogen-bond donors (Lipinski definition) is 1. The summed E-state index contributed by atoms with van der Waals surface area (Å²) in [6, 6.07) is 7.19. The number of carbonyl (C=O) groups is 1. The molecule has 0 radical (unpaired) electrons. The fourth-order valence-electron chi connectivity index (χ4n) is 2.21. The van der Waals surface area contributed by atoms with Crippen molar-refractivity contribution in [2.75, 3.05) is 0 Å². The molecule has 2 aromatic rings. The minimum absolute atomic E-state index is 0.217. The number of benzene rings is 1. The van der Waals surface area contributed by atoms with E-state index in [0.29, 0.717) is 15.8 Å². The minimum Gasteiger partial charge on any atom is -0.459 e. The lowest BCUT2D eigenvalue weighted by atomic mass is 9.98. The van der Waals surface area contributed by atoms with Crippen molar-refractivity contribution >= 4 is 43.7 Å². The molecule has 0 saturated heterocycles. The lowest BCUT2D eigenvalue weighted by Gasteiger charge is -2.25. The van der Waals surface area contributed by atoms with Gasteiger partial charge in [-0.1, -0.05) is 15.9 Å². The molecule has 1 unspecified atom stereocenters. The molecule has 21 heavy (non-hydrogen) atoms. The maximum Gasteiger partial charge on any atom is 0.228 e. The van der Waals surface area contributed by atoms with Crippen LogP contribution in [0.15, 0.2) is 45.0 Å². The van der Waals surface area contributed by atoms with E-state index in [4.69, 9.17) is 4.74 Å². The number of fused-ring (bicyclic) bond motifs is 1. The zero-order chi connectivity index (χ0) is 15.1. The first-order valence-electron chi connectivity index (χ1n) is 6.19. The summed E-state index contributed by atoms with van der Waals surface area (Å²) in [6.45, 7) is 0. The Kier molecular flexibility index (Phi) is 3.77. The van der Waals surface area contributed by atoms with Crippen molar-refractivity contribution in [2.24, 2.45) is 7.05 Å². The van der Waals surface area contributed by atoms with Crippen LogP contribution in [0.3, 0.4) is 0 Å². The zero-order valence-corrected chi connectivity index (χ0v) is 14.2. The second-order valence-electron chi connectivity index (χ2n) is 4.71. The zero-order valence-electron chi connectivity index (χ0n) is 11.0. The third-order valence-corrected chi connectivity index (χ3v) is 4.34. The molecule has 1 atom stereocenters. The second-order valence-corrected chi connectivity index (χ2v) is 6.48. The van der Waals surface area contributed by atoms with Crippen LogP contribution in [0.1, 0.15) is 16.1 Å². The molecular weight excluding hydrogens is 402 g/mol. The van der Waals surface area contributed by atoms with Gasteiger partial charge in [0.2, 0.25) is 6.29 Å². The van der Waals surface area contributed by atoms with Crippen LogP contribution in [-0.4, -0.2) is 21.7 Å². The molecule has 3 rings (SSSR count). The lowest BCUT2D eigenvalue weighted by Crippen LogP contribution is -2.30. The number of hydrogen-bond acceptors (Lipinski definition) is 3. The standard InChI is InChI=1S/C15H11Br2NO3/c1-18-4-2-3-9(18)7-11-13(19)10-5-8(16)6-12(17)14(10)21-15(11)20/h2-7,15,20H,1H3/b11-7-. The summed E-state index contributed by atoms with van der Waals surface area (Å²) in [5.74, 6) is 0.117. The van der Waals surface area contributed by atoms with Crippen molar-refractivity contribution in [1.82, 2.24) is 4.57 Å². The highest BCUT2D eigenvalue weighted by Gasteiger charge is 2.32. The van der Waals surface area contributed by atoms with Gasteiger partial charge in [0.1, 0.15) is 5.75 Å². The smallest absolute Gasteiger partial charge is 0.228 e. The van der Waals surface area contributed by atoms with Crippen molar-refractivity contribution in [2.45, 2.75) is 6.29 Å². The Morgan fingerprint density at radius 3 is 2.81 bits per heavy atom. The number of ketones is 1.